The quantitative estimate of drug-likeness (QED) is 0.925. The van der Waals surface area contributed by atoms with Crippen LogP contribution in [0.15, 0.2) is 18.2 Å². The van der Waals surface area contributed by atoms with E-state index in [-0.39, 0.29) is 0 Å². The van der Waals surface area contributed by atoms with Gasteiger partial charge in [0.15, 0.2) is 11.5 Å². The Morgan fingerprint density at radius 1 is 1.05 bits per heavy atom. The highest BCUT2D eigenvalue weighted by atomic mass is 16.6. The van der Waals surface area contributed by atoms with Crippen LogP contribution in [0.25, 0.3) is 0 Å². The van der Waals surface area contributed by atoms with Crippen LogP contribution in [-0.2, 0) is 4.74 Å². The molecule has 114 valence electrons. The largest absolute Gasteiger partial charge is 0.486 e. The van der Waals surface area contributed by atoms with Gasteiger partial charge in [-0.2, -0.15) is 0 Å². The zero-order chi connectivity index (χ0) is 14.2. The molecule has 4 rings (SSSR count). The molecule has 1 saturated carbocycles. The molecule has 3 unspecified atom stereocenters. The molecule has 0 aromatic heterocycles. The Bertz CT molecular complexity index is 515. The lowest BCUT2D eigenvalue weighted by Crippen LogP contribution is -2.39. The molecule has 4 heteroatoms. The zero-order valence-electron chi connectivity index (χ0n) is 12.5. The summed E-state index contributed by atoms with van der Waals surface area (Å²) in [5.41, 5.74) is 1.25. The van der Waals surface area contributed by atoms with E-state index in [0.29, 0.717) is 31.4 Å². The summed E-state index contributed by atoms with van der Waals surface area (Å²) in [6.45, 7) is 4.39. The van der Waals surface area contributed by atoms with E-state index in [1.165, 1.54) is 18.4 Å². The predicted molar refractivity (Wildman–Crippen MR) is 79.9 cm³/mol. The van der Waals surface area contributed by atoms with Crippen molar-refractivity contribution in [3.8, 4) is 11.5 Å². The van der Waals surface area contributed by atoms with Gasteiger partial charge in [-0.3, -0.25) is 0 Å². The summed E-state index contributed by atoms with van der Waals surface area (Å²) in [5, 5.41) is 3.75. The summed E-state index contributed by atoms with van der Waals surface area (Å²) in [6.07, 6.45) is 4.21. The summed E-state index contributed by atoms with van der Waals surface area (Å²) < 4.78 is 17.2. The fraction of sp³-hybridized carbons (Fsp3) is 0.647. The van der Waals surface area contributed by atoms with Gasteiger partial charge in [0.1, 0.15) is 13.2 Å². The number of hydrogen-bond donors (Lipinski definition) is 1. The van der Waals surface area contributed by atoms with Gasteiger partial charge in [-0.05, 0) is 49.8 Å². The van der Waals surface area contributed by atoms with Gasteiger partial charge in [0.05, 0.1) is 6.10 Å². The van der Waals surface area contributed by atoms with Crippen LogP contribution in [-0.4, -0.2) is 32.0 Å². The minimum Gasteiger partial charge on any atom is -0.486 e. The van der Waals surface area contributed by atoms with Crippen LogP contribution >= 0.6 is 0 Å². The molecule has 2 heterocycles. The van der Waals surface area contributed by atoms with E-state index < -0.39 is 0 Å². The summed E-state index contributed by atoms with van der Waals surface area (Å²) in [5.74, 6) is 2.52. The molecule has 2 aliphatic heterocycles. The molecule has 3 atom stereocenters. The van der Waals surface area contributed by atoms with Crippen LogP contribution in [0.4, 0.5) is 0 Å². The average Bonchev–Trinajstić information content (AvgIpc) is 3.27. The van der Waals surface area contributed by atoms with E-state index in [0.717, 1.165) is 30.4 Å². The summed E-state index contributed by atoms with van der Waals surface area (Å²) >= 11 is 0. The smallest absolute Gasteiger partial charge is 0.161 e. The lowest BCUT2D eigenvalue weighted by Gasteiger charge is -2.25. The third-order valence-corrected chi connectivity index (χ3v) is 4.75. The van der Waals surface area contributed by atoms with Crippen LogP contribution in [0.3, 0.4) is 0 Å². The molecule has 0 amide bonds. The van der Waals surface area contributed by atoms with E-state index in [1.807, 2.05) is 6.07 Å². The van der Waals surface area contributed by atoms with Crippen LogP contribution in [0.1, 0.15) is 37.8 Å². The van der Waals surface area contributed by atoms with E-state index in [1.54, 1.807) is 0 Å². The number of rotatable bonds is 4. The van der Waals surface area contributed by atoms with Crippen molar-refractivity contribution in [2.75, 3.05) is 19.8 Å². The van der Waals surface area contributed by atoms with Crippen molar-refractivity contribution in [2.45, 2.75) is 44.4 Å². The van der Waals surface area contributed by atoms with E-state index in [4.69, 9.17) is 14.2 Å². The van der Waals surface area contributed by atoms with Crippen LogP contribution in [0.5, 0.6) is 11.5 Å². The molecule has 1 aromatic rings. The Labute approximate surface area is 125 Å². The Balaban J connectivity index is 1.45. The van der Waals surface area contributed by atoms with Crippen molar-refractivity contribution in [3.63, 3.8) is 0 Å². The number of ether oxygens (including phenoxy) is 3. The predicted octanol–water partition coefficient (Wildman–Crippen LogP) is 2.68. The lowest BCUT2D eigenvalue weighted by atomic mass is 10.0. The second-order valence-electron chi connectivity index (χ2n) is 6.36. The molecule has 1 N–H and O–H groups in total. The first-order valence-electron chi connectivity index (χ1n) is 8.08. The van der Waals surface area contributed by atoms with Gasteiger partial charge in [0, 0.05) is 18.7 Å². The molecule has 2 fully saturated rings. The molecular weight excluding hydrogens is 266 g/mol. The van der Waals surface area contributed by atoms with Crippen molar-refractivity contribution in [1.82, 2.24) is 5.32 Å². The number of benzene rings is 1. The van der Waals surface area contributed by atoms with Crippen LogP contribution < -0.4 is 14.8 Å². The van der Waals surface area contributed by atoms with Crippen molar-refractivity contribution < 1.29 is 14.2 Å². The summed E-state index contributed by atoms with van der Waals surface area (Å²) in [4.78, 5) is 0. The maximum Gasteiger partial charge on any atom is 0.161 e. The summed E-state index contributed by atoms with van der Waals surface area (Å²) in [6, 6.07) is 7.04. The third kappa shape index (κ3) is 2.74. The molecule has 1 aliphatic carbocycles. The fourth-order valence-electron chi connectivity index (χ4n) is 3.43. The molecular formula is C17H23NO3. The third-order valence-electron chi connectivity index (χ3n) is 4.75. The van der Waals surface area contributed by atoms with Gasteiger partial charge in [-0.15, -0.1) is 0 Å². The van der Waals surface area contributed by atoms with Crippen molar-refractivity contribution in [3.05, 3.63) is 23.8 Å². The highest BCUT2D eigenvalue weighted by Gasteiger charge is 2.40. The molecule has 0 spiro atoms. The van der Waals surface area contributed by atoms with Crippen molar-refractivity contribution in [2.24, 2.45) is 5.92 Å². The first-order valence-corrected chi connectivity index (χ1v) is 8.08. The number of fused-ring (bicyclic) bond motifs is 1. The second kappa shape index (κ2) is 5.50. The Kier molecular flexibility index (Phi) is 3.51. The summed E-state index contributed by atoms with van der Waals surface area (Å²) in [7, 11) is 0. The number of hydrogen-bond acceptors (Lipinski definition) is 4. The standard InChI is InChI=1S/C17H23NO3/c1-11(18-14-6-7-21-17(14)12-2-3-12)13-4-5-15-16(10-13)20-9-8-19-15/h4-5,10-12,14,17-18H,2-3,6-9H2,1H3. The van der Waals surface area contributed by atoms with E-state index >= 15 is 0 Å². The molecule has 1 aromatic carbocycles. The fourth-order valence-corrected chi connectivity index (χ4v) is 3.43. The lowest BCUT2D eigenvalue weighted by molar-refractivity contribution is 0.0792. The van der Waals surface area contributed by atoms with Gasteiger partial charge in [0.25, 0.3) is 0 Å². The van der Waals surface area contributed by atoms with Crippen LogP contribution in [0, 0.1) is 5.92 Å². The topological polar surface area (TPSA) is 39.7 Å². The molecule has 0 radical (unpaired) electrons. The van der Waals surface area contributed by atoms with E-state index in [2.05, 4.69) is 24.4 Å². The van der Waals surface area contributed by atoms with Crippen molar-refractivity contribution >= 4 is 0 Å². The van der Waals surface area contributed by atoms with Crippen molar-refractivity contribution in [1.29, 1.82) is 0 Å². The zero-order valence-corrected chi connectivity index (χ0v) is 12.5. The SMILES string of the molecule is CC(NC1CCOC1C1CC1)c1ccc2c(c1)OCCO2. The first kappa shape index (κ1) is 13.4. The maximum atomic E-state index is 5.91. The number of nitrogens with one attached hydrogen (secondary N) is 1. The molecule has 4 nitrogen and oxygen atoms in total. The van der Waals surface area contributed by atoms with E-state index in [9.17, 15) is 0 Å². The molecule has 21 heavy (non-hydrogen) atoms. The normalized spacial score (nSPS) is 29.4. The Hall–Kier alpha value is -1.26. The van der Waals surface area contributed by atoms with Gasteiger partial charge in [-0.25, -0.2) is 0 Å². The Morgan fingerprint density at radius 2 is 1.86 bits per heavy atom. The monoisotopic (exact) mass is 289 g/mol. The van der Waals surface area contributed by atoms with Gasteiger partial charge < -0.3 is 19.5 Å². The Morgan fingerprint density at radius 3 is 2.67 bits per heavy atom. The minimum atomic E-state index is 0.300. The van der Waals surface area contributed by atoms with Gasteiger partial charge >= 0.3 is 0 Å². The average molecular weight is 289 g/mol. The van der Waals surface area contributed by atoms with Gasteiger partial charge in [-0.1, -0.05) is 6.07 Å². The van der Waals surface area contributed by atoms with Crippen LogP contribution in [0.2, 0.25) is 0 Å². The highest BCUT2D eigenvalue weighted by molar-refractivity contribution is 5.44. The molecule has 0 bridgehead atoms. The second-order valence-corrected chi connectivity index (χ2v) is 6.36. The highest BCUT2D eigenvalue weighted by Crippen LogP contribution is 2.39. The van der Waals surface area contributed by atoms with Gasteiger partial charge in [0.2, 0.25) is 0 Å². The first-order chi connectivity index (χ1) is 10.3. The molecule has 3 aliphatic rings. The molecule has 1 saturated heterocycles. The minimum absolute atomic E-state index is 0.300. The maximum absolute atomic E-state index is 5.91.